The second-order valence-electron chi connectivity index (χ2n) is 5.92. The summed E-state index contributed by atoms with van der Waals surface area (Å²) in [5.74, 6) is 0.0556. The number of amides is 1. The van der Waals surface area contributed by atoms with Gasteiger partial charge in [0.2, 0.25) is 5.91 Å². The van der Waals surface area contributed by atoms with Gasteiger partial charge in [-0.2, -0.15) is 0 Å². The van der Waals surface area contributed by atoms with Crippen molar-refractivity contribution in [3.8, 4) is 0 Å². The summed E-state index contributed by atoms with van der Waals surface area (Å²) in [5.41, 5.74) is 2.47. The van der Waals surface area contributed by atoms with Gasteiger partial charge < -0.3 is 5.32 Å². The van der Waals surface area contributed by atoms with Gasteiger partial charge in [-0.15, -0.1) is 0 Å². The summed E-state index contributed by atoms with van der Waals surface area (Å²) < 4.78 is 0. The van der Waals surface area contributed by atoms with Gasteiger partial charge in [-0.05, 0) is 44.1 Å². The molecule has 2 nitrogen and oxygen atoms in total. The SMILES string of the molecule is C=C/C=C\C(=C)CCCC(CCCc1ccccc1)NC(C)=O. The Balaban J connectivity index is 2.34. The molecule has 2 heteroatoms. The molecule has 0 aliphatic rings. The molecular weight excluding hydrogens is 282 g/mol. The van der Waals surface area contributed by atoms with Gasteiger partial charge in [-0.25, -0.2) is 0 Å². The van der Waals surface area contributed by atoms with Crippen molar-refractivity contribution >= 4 is 5.91 Å². The van der Waals surface area contributed by atoms with E-state index >= 15 is 0 Å². The van der Waals surface area contributed by atoms with Crippen molar-refractivity contribution in [3.05, 3.63) is 72.9 Å². The van der Waals surface area contributed by atoms with E-state index in [4.69, 9.17) is 0 Å². The second-order valence-corrected chi connectivity index (χ2v) is 5.92. The molecular formula is C21H29NO. The molecule has 0 fully saturated rings. The van der Waals surface area contributed by atoms with Crippen LogP contribution in [0.5, 0.6) is 0 Å². The molecule has 0 saturated carbocycles. The average molecular weight is 311 g/mol. The monoisotopic (exact) mass is 311 g/mol. The summed E-state index contributed by atoms with van der Waals surface area (Å²) in [7, 11) is 0. The van der Waals surface area contributed by atoms with Crippen LogP contribution in [0.2, 0.25) is 0 Å². The Hall–Kier alpha value is -2.09. The summed E-state index contributed by atoms with van der Waals surface area (Å²) in [6.07, 6.45) is 11.8. The van der Waals surface area contributed by atoms with Gasteiger partial charge in [0.25, 0.3) is 0 Å². The first-order valence-corrected chi connectivity index (χ1v) is 8.39. The van der Waals surface area contributed by atoms with Crippen LogP contribution in [0, 0.1) is 0 Å². The Labute approximate surface area is 141 Å². The highest BCUT2D eigenvalue weighted by molar-refractivity contribution is 5.73. The molecule has 0 heterocycles. The normalized spacial score (nSPS) is 12.0. The predicted octanol–water partition coefficient (Wildman–Crippen LogP) is 4.98. The van der Waals surface area contributed by atoms with E-state index in [1.165, 1.54) is 5.56 Å². The molecule has 1 aromatic carbocycles. The first-order chi connectivity index (χ1) is 11.1. The molecule has 0 aliphatic heterocycles. The van der Waals surface area contributed by atoms with E-state index in [0.29, 0.717) is 0 Å². The van der Waals surface area contributed by atoms with E-state index in [2.05, 4.69) is 42.7 Å². The molecule has 1 amide bonds. The third-order valence-corrected chi connectivity index (χ3v) is 3.79. The van der Waals surface area contributed by atoms with Crippen LogP contribution in [0.15, 0.2) is 67.3 Å². The van der Waals surface area contributed by atoms with Crippen molar-refractivity contribution in [1.82, 2.24) is 5.32 Å². The quantitative estimate of drug-likeness (QED) is 0.574. The zero-order chi connectivity index (χ0) is 16.9. The Morgan fingerprint density at radius 3 is 2.57 bits per heavy atom. The smallest absolute Gasteiger partial charge is 0.217 e. The van der Waals surface area contributed by atoms with Crippen LogP contribution in [0.1, 0.15) is 44.6 Å². The third kappa shape index (κ3) is 9.51. The van der Waals surface area contributed by atoms with Gasteiger partial charge in [0.1, 0.15) is 0 Å². The van der Waals surface area contributed by atoms with Crippen LogP contribution in [-0.4, -0.2) is 11.9 Å². The molecule has 1 atom stereocenters. The fourth-order valence-electron chi connectivity index (χ4n) is 2.64. The van der Waals surface area contributed by atoms with Gasteiger partial charge in [0, 0.05) is 13.0 Å². The molecule has 1 N–H and O–H groups in total. The maximum atomic E-state index is 11.4. The predicted molar refractivity (Wildman–Crippen MR) is 99.3 cm³/mol. The van der Waals surface area contributed by atoms with E-state index in [0.717, 1.165) is 44.1 Å². The first-order valence-electron chi connectivity index (χ1n) is 8.39. The van der Waals surface area contributed by atoms with Crippen molar-refractivity contribution < 1.29 is 4.79 Å². The number of rotatable bonds is 11. The number of nitrogens with one attached hydrogen (secondary N) is 1. The van der Waals surface area contributed by atoms with Gasteiger partial charge in [0.15, 0.2) is 0 Å². The molecule has 0 aromatic heterocycles. The van der Waals surface area contributed by atoms with E-state index in [-0.39, 0.29) is 11.9 Å². The molecule has 124 valence electrons. The Morgan fingerprint density at radius 1 is 1.22 bits per heavy atom. The van der Waals surface area contributed by atoms with Gasteiger partial charge in [-0.1, -0.05) is 67.3 Å². The van der Waals surface area contributed by atoms with E-state index in [9.17, 15) is 4.79 Å². The number of benzene rings is 1. The highest BCUT2D eigenvalue weighted by atomic mass is 16.1. The molecule has 0 aliphatic carbocycles. The van der Waals surface area contributed by atoms with Crippen LogP contribution in [-0.2, 0) is 11.2 Å². The highest BCUT2D eigenvalue weighted by Crippen LogP contribution is 2.14. The molecule has 0 bridgehead atoms. The number of carbonyl (C=O) groups is 1. The lowest BCUT2D eigenvalue weighted by Crippen LogP contribution is -2.33. The Bertz CT molecular complexity index is 516. The molecule has 0 spiro atoms. The lowest BCUT2D eigenvalue weighted by Gasteiger charge is -2.18. The van der Waals surface area contributed by atoms with Crippen molar-refractivity contribution in [2.75, 3.05) is 0 Å². The maximum Gasteiger partial charge on any atom is 0.217 e. The number of hydrogen-bond donors (Lipinski definition) is 1. The molecule has 1 rings (SSSR count). The van der Waals surface area contributed by atoms with Crippen molar-refractivity contribution in [2.24, 2.45) is 0 Å². The van der Waals surface area contributed by atoms with Crippen LogP contribution < -0.4 is 5.32 Å². The van der Waals surface area contributed by atoms with Crippen molar-refractivity contribution in [3.63, 3.8) is 0 Å². The minimum atomic E-state index is 0.0556. The molecule has 23 heavy (non-hydrogen) atoms. The number of carbonyl (C=O) groups excluding carboxylic acids is 1. The first kappa shape index (κ1) is 19.0. The van der Waals surface area contributed by atoms with E-state index in [1.54, 1.807) is 13.0 Å². The average Bonchev–Trinajstić information content (AvgIpc) is 2.53. The van der Waals surface area contributed by atoms with Gasteiger partial charge in [-0.3, -0.25) is 4.79 Å². The minimum absolute atomic E-state index is 0.0556. The lowest BCUT2D eigenvalue weighted by molar-refractivity contribution is -0.119. The highest BCUT2D eigenvalue weighted by Gasteiger charge is 2.09. The summed E-state index contributed by atoms with van der Waals surface area (Å²) >= 11 is 0. The largest absolute Gasteiger partial charge is 0.354 e. The molecule has 0 saturated heterocycles. The summed E-state index contributed by atoms with van der Waals surface area (Å²) in [5, 5.41) is 3.08. The molecule has 1 aromatic rings. The maximum absolute atomic E-state index is 11.4. The van der Waals surface area contributed by atoms with E-state index < -0.39 is 0 Å². The zero-order valence-electron chi connectivity index (χ0n) is 14.3. The fourth-order valence-corrected chi connectivity index (χ4v) is 2.64. The number of allylic oxidation sites excluding steroid dienone is 4. The molecule has 1 unspecified atom stereocenters. The van der Waals surface area contributed by atoms with Gasteiger partial charge in [0.05, 0.1) is 0 Å². The second kappa shape index (κ2) is 11.5. The summed E-state index contributed by atoms with van der Waals surface area (Å²) in [4.78, 5) is 11.4. The third-order valence-electron chi connectivity index (χ3n) is 3.79. The number of aryl methyl sites for hydroxylation is 1. The standard InChI is InChI=1S/C21H29NO/c1-4-5-11-18(2)12-9-16-21(22-19(3)23)17-10-15-20-13-7-6-8-14-20/h4-8,11,13-14,21H,1-2,9-10,12,15-17H2,3H3,(H,22,23)/b11-5-. The Kier molecular flexibility index (Phi) is 9.46. The fraction of sp³-hybridized carbons (Fsp3) is 0.381. The van der Waals surface area contributed by atoms with Crippen molar-refractivity contribution in [2.45, 2.75) is 51.5 Å². The lowest BCUT2D eigenvalue weighted by atomic mass is 9.99. The summed E-state index contributed by atoms with van der Waals surface area (Å²) in [6, 6.07) is 10.8. The van der Waals surface area contributed by atoms with Crippen molar-refractivity contribution in [1.29, 1.82) is 0 Å². The topological polar surface area (TPSA) is 29.1 Å². The van der Waals surface area contributed by atoms with Crippen LogP contribution in [0.4, 0.5) is 0 Å². The minimum Gasteiger partial charge on any atom is -0.354 e. The summed E-state index contributed by atoms with van der Waals surface area (Å²) in [6.45, 7) is 9.28. The van der Waals surface area contributed by atoms with Crippen LogP contribution in [0.3, 0.4) is 0 Å². The number of hydrogen-bond acceptors (Lipinski definition) is 1. The Morgan fingerprint density at radius 2 is 1.91 bits per heavy atom. The zero-order valence-corrected chi connectivity index (χ0v) is 14.3. The molecule has 0 radical (unpaired) electrons. The van der Waals surface area contributed by atoms with E-state index in [1.807, 2.05) is 18.2 Å². The van der Waals surface area contributed by atoms with Gasteiger partial charge >= 0.3 is 0 Å². The van der Waals surface area contributed by atoms with Crippen LogP contribution in [0.25, 0.3) is 0 Å². The van der Waals surface area contributed by atoms with Crippen LogP contribution >= 0.6 is 0 Å².